The van der Waals surface area contributed by atoms with Gasteiger partial charge in [0, 0.05) is 13.0 Å². The first-order valence-corrected chi connectivity index (χ1v) is 13.2. The Balaban J connectivity index is 0. The molecule has 0 aromatic rings. The molecule has 0 aliphatic rings. The molecule has 0 aliphatic heterocycles. The number of aliphatic hydroxyl groups is 1. The van der Waals surface area contributed by atoms with E-state index in [1.54, 1.807) is 0 Å². The van der Waals surface area contributed by atoms with Crippen molar-refractivity contribution in [1.82, 2.24) is 5.32 Å². The van der Waals surface area contributed by atoms with E-state index in [1.165, 1.54) is 64.2 Å². The molecular weight excluding hydrogens is 454 g/mol. The van der Waals surface area contributed by atoms with Crippen LogP contribution in [0.3, 0.4) is 0 Å². The van der Waals surface area contributed by atoms with Crippen molar-refractivity contribution in [2.24, 2.45) is 11.5 Å². The van der Waals surface area contributed by atoms with Gasteiger partial charge < -0.3 is 37.2 Å². The molecule has 0 aromatic carbocycles. The molecule has 9 N–H and O–H groups in total. The number of nitrogens with two attached hydrogens (primary N) is 2. The summed E-state index contributed by atoms with van der Waals surface area (Å²) in [6.07, 6.45) is 17.0. The number of carboxylic acids is 3. The SMILES string of the molecule is NCCCC[C@H](NCCCCCCCCCCCCCCO)C(=O)O.N[C@@H](CCC(=O)O)C(=O)O. The molecule has 0 amide bonds. The summed E-state index contributed by atoms with van der Waals surface area (Å²) in [6.45, 7) is 1.77. The Morgan fingerprint density at radius 1 is 0.657 bits per heavy atom. The zero-order valence-corrected chi connectivity index (χ0v) is 21.5. The number of carboxylic acid groups (broad SMARTS) is 3. The van der Waals surface area contributed by atoms with E-state index < -0.39 is 30.0 Å². The normalized spacial score (nSPS) is 12.4. The molecule has 0 radical (unpaired) electrons. The van der Waals surface area contributed by atoms with Crippen LogP contribution in [0.2, 0.25) is 0 Å². The summed E-state index contributed by atoms with van der Waals surface area (Å²) in [5.74, 6) is -2.94. The standard InChI is InChI=1S/C20H42N2O3.C5H9NO4/c21-16-12-11-15-19(20(24)25)22-17-13-9-7-5-3-1-2-4-6-8-10-14-18-23;6-3(5(9)10)1-2-4(7)8/h19,22-23H,1-18,21H2,(H,24,25);3H,1-2,6H2,(H,7,8)(H,9,10)/t19-;3-/m00/s1. The third-order valence-electron chi connectivity index (χ3n) is 5.71. The van der Waals surface area contributed by atoms with Crippen LogP contribution in [0.15, 0.2) is 0 Å². The van der Waals surface area contributed by atoms with Gasteiger partial charge in [0.05, 0.1) is 0 Å². The summed E-state index contributed by atoms with van der Waals surface area (Å²) in [4.78, 5) is 31.0. The lowest BCUT2D eigenvalue weighted by Crippen LogP contribution is -2.37. The van der Waals surface area contributed by atoms with Crippen molar-refractivity contribution in [1.29, 1.82) is 0 Å². The van der Waals surface area contributed by atoms with Crippen LogP contribution >= 0.6 is 0 Å². The first kappa shape index (κ1) is 35.4. The zero-order valence-electron chi connectivity index (χ0n) is 21.5. The van der Waals surface area contributed by atoms with Crippen molar-refractivity contribution < 1.29 is 34.8 Å². The van der Waals surface area contributed by atoms with E-state index in [-0.39, 0.29) is 12.8 Å². The molecule has 0 fully saturated rings. The summed E-state index contributed by atoms with van der Waals surface area (Å²) < 4.78 is 0. The second-order valence-corrected chi connectivity index (χ2v) is 8.97. The van der Waals surface area contributed by atoms with Gasteiger partial charge in [-0.15, -0.1) is 0 Å². The summed E-state index contributed by atoms with van der Waals surface area (Å²) >= 11 is 0. The highest BCUT2D eigenvalue weighted by atomic mass is 16.4. The molecule has 10 nitrogen and oxygen atoms in total. The zero-order chi connectivity index (χ0) is 26.7. The largest absolute Gasteiger partial charge is 0.481 e. The molecule has 10 heteroatoms. The monoisotopic (exact) mass is 505 g/mol. The van der Waals surface area contributed by atoms with Crippen molar-refractivity contribution in [2.75, 3.05) is 19.7 Å². The highest BCUT2D eigenvalue weighted by molar-refractivity contribution is 5.74. The average Bonchev–Trinajstić information content (AvgIpc) is 2.81. The molecule has 0 aliphatic carbocycles. The van der Waals surface area contributed by atoms with Crippen molar-refractivity contribution in [3.05, 3.63) is 0 Å². The van der Waals surface area contributed by atoms with Gasteiger partial charge in [-0.05, 0) is 45.2 Å². The maximum Gasteiger partial charge on any atom is 0.320 e. The number of rotatable bonds is 24. The Bertz CT molecular complexity index is 521. The molecule has 208 valence electrons. The van der Waals surface area contributed by atoms with Crippen molar-refractivity contribution in [3.63, 3.8) is 0 Å². The minimum Gasteiger partial charge on any atom is -0.481 e. The maximum absolute atomic E-state index is 11.2. The number of aliphatic carboxylic acids is 3. The topological polar surface area (TPSA) is 196 Å². The van der Waals surface area contributed by atoms with Gasteiger partial charge in [-0.3, -0.25) is 14.4 Å². The molecule has 0 aromatic heterocycles. The number of carbonyl (C=O) groups is 3. The number of nitrogens with one attached hydrogen (secondary N) is 1. The minimum absolute atomic E-state index is 0.0231. The fourth-order valence-corrected chi connectivity index (χ4v) is 3.49. The van der Waals surface area contributed by atoms with Crippen LogP contribution in [0, 0.1) is 0 Å². The molecule has 0 spiro atoms. The lowest BCUT2D eigenvalue weighted by molar-refractivity contribution is -0.141. The second-order valence-electron chi connectivity index (χ2n) is 8.97. The fourth-order valence-electron chi connectivity index (χ4n) is 3.49. The van der Waals surface area contributed by atoms with Gasteiger partial charge in [0.2, 0.25) is 0 Å². The predicted molar refractivity (Wildman–Crippen MR) is 137 cm³/mol. The quantitative estimate of drug-likeness (QED) is 0.0957. The summed E-state index contributed by atoms with van der Waals surface area (Å²) in [5, 5.41) is 37.3. The molecule has 35 heavy (non-hydrogen) atoms. The lowest BCUT2D eigenvalue weighted by Gasteiger charge is -2.14. The fraction of sp³-hybridized carbons (Fsp3) is 0.880. The van der Waals surface area contributed by atoms with Gasteiger partial charge >= 0.3 is 17.9 Å². The van der Waals surface area contributed by atoms with Gasteiger partial charge in [0.15, 0.2) is 0 Å². The highest BCUT2D eigenvalue weighted by Gasteiger charge is 2.15. The molecular formula is C25H51N3O7. The summed E-state index contributed by atoms with van der Waals surface area (Å²) in [7, 11) is 0. The van der Waals surface area contributed by atoms with Gasteiger partial charge in [-0.25, -0.2) is 0 Å². The molecule has 2 atom stereocenters. The van der Waals surface area contributed by atoms with Crippen LogP contribution in [0.1, 0.15) is 109 Å². The van der Waals surface area contributed by atoms with Gasteiger partial charge in [0.25, 0.3) is 0 Å². The lowest BCUT2D eigenvalue weighted by atomic mass is 10.0. The van der Waals surface area contributed by atoms with Gasteiger partial charge in [0.1, 0.15) is 12.1 Å². The van der Waals surface area contributed by atoms with E-state index in [0.717, 1.165) is 32.2 Å². The van der Waals surface area contributed by atoms with Crippen LogP contribution < -0.4 is 16.8 Å². The Morgan fingerprint density at radius 2 is 1.14 bits per heavy atom. The minimum atomic E-state index is -1.17. The Morgan fingerprint density at radius 3 is 1.54 bits per heavy atom. The molecule has 0 saturated heterocycles. The Labute approximate surface area is 210 Å². The average molecular weight is 506 g/mol. The van der Waals surface area contributed by atoms with Gasteiger partial charge in [-0.1, -0.05) is 70.6 Å². The first-order valence-electron chi connectivity index (χ1n) is 13.2. The summed E-state index contributed by atoms with van der Waals surface area (Å²) in [6, 6.07) is -1.47. The molecule has 0 unspecified atom stereocenters. The van der Waals surface area contributed by atoms with Gasteiger partial charge in [-0.2, -0.15) is 0 Å². The third-order valence-corrected chi connectivity index (χ3v) is 5.71. The third kappa shape index (κ3) is 28.4. The van der Waals surface area contributed by atoms with E-state index in [0.29, 0.717) is 19.6 Å². The molecule has 0 bridgehead atoms. The number of hydrogen-bond donors (Lipinski definition) is 7. The maximum atomic E-state index is 11.2. The van der Waals surface area contributed by atoms with E-state index in [2.05, 4.69) is 5.32 Å². The highest BCUT2D eigenvalue weighted by Crippen LogP contribution is 2.12. The van der Waals surface area contributed by atoms with Crippen LogP contribution in [-0.2, 0) is 14.4 Å². The van der Waals surface area contributed by atoms with Crippen LogP contribution in [0.4, 0.5) is 0 Å². The number of unbranched alkanes of at least 4 members (excludes halogenated alkanes) is 12. The van der Waals surface area contributed by atoms with Crippen molar-refractivity contribution in [3.8, 4) is 0 Å². The molecule has 0 heterocycles. The first-order chi connectivity index (χ1) is 16.8. The Kier molecular flexibility index (Phi) is 27.2. The van der Waals surface area contributed by atoms with Crippen LogP contribution in [0.25, 0.3) is 0 Å². The molecule has 0 rings (SSSR count). The Hall–Kier alpha value is -1.75. The van der Waals surface area contributed by atoms with E-state index in [1.807, 2.05) is 0 Å². The van der Waals surface area contributed by atoms with Crippen LogP contribution in [-0.4, -0.2) is 70.1 Å². The second kappa shape index (κ2) is 26.8. The number of hydrogen-bond acceptors (Lipinski definition) is 7. The number of aliphatic hydroxyl groups excluding tert-OH is 1. The van der Waals surface area contributed by atoms with Crippen molar-refractivity contribution in [2.45, 2.75) is 121 Å². The summed E-state index contributed by atoms with van der Waals surface area (Å²) in [5.41, 5.74) is 10.4. The smallest absolute Gasteiger partial charge is 0.320 e. The van der Waals surface area contributed by atoms with E-state index in [4.69, 9.17) is 26.8 Å². The van der Waals surface area contributed by atoms with E-state index in [9.17, 15) is 19.5 Å². The van der Waals surface area contributed by atoms with Crippen LogP contribution in [0.5, 0.6) is 0 Å². The van der Waals surface area contributed by atoms with E-state index >= 15 is 0 Å². The predicted octanol–water partition coefficient (Wildman–Crippen LogP) is 3.09. The van der Waals surface area contributed by atoms with Crippen molar-refractivity contribution >= 4 is 17.9 Å². The molecule has 0 saturated carbocycles.